The SMILES string of the molecule is CC(C)C1(C)N=C(c2ccc(C=O)cn2)NC1=O. The number of amides is 1. The van der Waals surface area contributed by atoms with Crippen LogP contribution in [-0.2, 0) is 4.79 Å². The van der Waals surface area contributed by atoms with Crippen molar-refractivity contribution in [2.24, 2.45) is 10.9 Å². The predicted octanol–water partition coefficient (Wildman–Crippen LogP) is 1.19. The summed E-state index contributed by atoms with van der Waals surface area (Å²) in [7, 11) is 0. The van der Waals surface area contributed by atoms with Crippen molar-refractivity contribution in [2.45, 2.75) is 26.3 Å². The van der Waals surface area contributed by atoms with Gasteiger partial charge in [-0.15, -0.1) is 0 Å². The lowest BCUT2D eigenvalue weighted by molar-refractivity contribution is -0.124. The molecule has 5 nitrogen and oxygen atoms in total. The quantitative estimate of drug-likeness (QED) is 0.813. The fourth-order valence-electron chi connectivity index (χ4n) is 1.67. The molecule has 2 heterocycles. The van der Waals surface area contributed by atoms with Crippen molar-refractivity contribution in [1.82, 2.24) is 10.3 Å². The molecule has 1 aliphatic rings. The maximum absolute atomic E-state index is 11.9. The second-order valence-electron chi connectivity index (χ2n) is 4.81. The van der Waals surface area contributed by atoms with Crippen LogP contribution in [0.1, 0.15) is 36.8 Å². The van der Waals surface area contributed by atoms with Crippen LogP contribution >= 0.6 is 0 Å². The molecule has 0 aromatic carbocycles. The fraction of sp³-hybridized carbons (Fsp3) is 0.385. The van der Waals surface area contributed by atoms with Gasteiger partial charge in [0.1, 0.15) is 11.2 Å². The molecule has 1 unspecified atom stereocenters. The van der Waals surface area contributed by atoms with E-state index < -0.39 is 5.54 Å². The number of hydrogen-bond donors (Lipinski definition) is 1. The Bertz CT molecular complexity index is 520. The number of aldehydes is 1. The normalized spacial score (nSPS) is 22.9. The number of pyridine rings is 1. The average molecular weight is 245 g/mol. The Labute approximate surface area is 105 Å². The molecule has 94 valence electrons. The average Bonchev–Trinajstić information content (AvgIpc) is 2.67. The van der Waals surface area contributed by atoms with Gasteiger partial charge in [-0.2, -0.15) is 0 Å². The number of nitrogens with one attached hydrogen (secondary N) is 1. The molecular weight excluding hydrogens is 230 g/mol. The molecule has 1 atom stereocenters. The molecule has 1 amide bonds. The van der Waals surface area contributed by atoms with Crippen LogP contribution in [-0.4, -0.2) is 28.6 Å². The van der Waals surface area contributed by atoms with Gasteiger partial charge in [0, 0.05) is 11.8 Å². The summed E-state index contributed by atoms with van der Waals surface area (Å²) in [6, 6.07) is 3.32. The van der Waals surface area contributed by atoms with E-state index in [-0.39, 0.29) is 11.8 Å². The lowest BCUT2D eigenvalue weighted by Gasteiger charge is -2.21. The number of amidine groups is 1. The third-order valence-electron chi connectivity index (χ3n) is 3.32. The third-order valence-corrected chi connectivity index (χ3v) is 3.32. The number of hydrogen-bond acceptors (Lipinski definition) is 4. The van der Waals surface area contributed by atoms with Gasteiger partial charge < -0.3 is 5.32 Å². The van der Waals surface area contributed by atoms with E-state index in [0.717, 1.165) is 6.29 Å². The zero-order valence-electron chi connectivity index (χ0n) is 10.6. The number of aliphatic imine (C=N–C) groups is 1. The van der Waals surface area contributed by atoms with Crippen LogP contribution in [0, 0.1) is 5.92 Å². The van der Waals surface area contributed by atoms with Crippen LogP contribution in [0.25, 0.3) is 0 Å². The number of aromatic nitrogens is 1. The lowest BCUT2D eigenvalue weighted by Crippen LogP contribution is -2.41. The topological polar surface area (TPSA) is 71.4 Å². The molecule has 0 saturated carbocycles. The molecule has 1 aromatic rings. The first kappa shape index (κ1) is 12.4. The van der Waals surface area contributed by atoms with Gasteiger partial charge in [-0.25, -0.2) is 4.99 Å². The van der Waals surface area contributed by atoms with Crippen molar-refractivity contribution < 1.29 is 9.59 Å². The summed E-state index contributed by atoms with van der Waals surface area (Å²) in [6.07, 6.45) is 2.19. The van der Waals surface area contributed by atoms with Crippen molar-refractivity contribution in [3.8, 4) is 0 Å². The summed E-state index contributed by atoms with van der Waals surface area (Å²) in [5, 5.41) is 2.74. The molecule has 0 fully saturated rings. The highest BCUT2D eigenvalue weighted by Crippen LogP contribution is 2.26. The zero-order valence-corrected chi connectivity index (χ0v) is 10.6. The highest BCUT2D eigenvalue weighted by Gasteiger charge is 2.42. The predicted molar refractivity (Wildman–Crippen MR) is 67.5 cm³/mol. The molecule has 1 N–H and O–H groups in total. The van der Waals surface area contributed by atoms with E-state index in [9.17, 15) is 9.59 Å². The van der Waals surface area contributed by atoms with Crippen LogP contribution in [0.5, 0.6) is 0 Å². The van der Waals surface area contributed by atoms with E-state index in [0.29, 0.717) is 17.1 Å². The van der Waals surface area contributed by atoms with Gasteiger partial charge in [0.15, 0.2) is 12.1 Å². The molecular formula is C13H15N3O2. The van der Waals surface area contributed by atoms with Crippen molar-refractivity contribution >= 4 is 18.0 Å². The smallest absolute Gasteiger partial charge is 0.253 e. The number of rotatable bonds is 3. The number of carbonyl (C=O) groups excluding carboxylic acids is 2. The number of carbonyl (C=O) groups is 2. The van der Waals surface area contributed by atoms with Crippen molar-refractivity contribution in [1.29, 1.82) is 0 Å². The van der Waals surface area contributed by atoms with Gasteiger partial charge in [-0.1, -0.05) is 13.8 Å². The van der Waals surface area contributed by atoms with Gasteiger partial charge in [0.05, 0.1) is 0 Å². The van der Waals surface area contributed by atoms with E-state index in [1.54, 1.807) is 19.1 Å². The van der Waals surface area contributed by atoms with Crippen LogP contribution < -0.4 is 5.32 Å². The third kappa shape index (κ3) is 1.92. The van der Waals surface area contributed by atoms with E-state index in [2.05, 4.69) is 15.3 Å². The van der Waals surface area contributed by atoms with Crippen molar-refractivity contribution in [2.75, 3.05) is 0 Å². The molecule has 0 aliphatic carbocycles. The standard InChI is InChI=1S/C13H15N3O2/c1-8(2)13(3)12(18)15-11(16-13)10-5-4-9(7-17)6-14-10/h4-8H,1-3H3,(H,15,16,18). The summed E-state index contributed by atoms with van der Waals surface area (Å²) >= 11 is 0. The molecule has 0 spiro atoms. The van der Waals surface area contributed by atoms with Gasteiger partial charge in [-0.3, -0.25) is 14.6 Å². The van der Waals surface area contributed by atoms with Gasteiger partial charge in [-0.05, 0) is 25.0 Å². The number of nitrogens with zero attached hydrogens (tertiary/aromatic N) is 2. The molecule has 2 rings (SSSR count). The monoisotopic (exact) mass is 245 g/mol. The van der Waals surface area contributed by atoms with Gasteiger partial charge in [0.2, 0.25) is 0 Å². The Hall–Kier alpha value is -2.04. The van der Waals surface area contributed by atoms with E-state index in [1.807, 2.05) is 13.8 Å². The Balaban J connectivity index is 2.35. The summed E-state index contributed by atoms with van der Waals surface area (Å²) < 4.78 is 0. The Morgan fingerprint density at radius 1 is 1.39 bits per heavy atom. The van der Waals surface area contributed by atoms with Crippen LogP contribution in [0.2, 0.25) is 0 Å². The van der Waals surface area contributed by atoms with Crippen molar-refractivity contribution in [3.63, 3.8) is 0 Å². The summed E-state index contributed by atoms with van der Waals surface area (Å²) in [5.41, 5.74) is 0.314. The molecule has 0 bridgehead atoms. The first-order valence-corrected chi connectivity index (χ1v) is 5.80. The second-order valence-corrected chi connectivity index (χ2v) is 4.81. The summed E-state index contributed by atoms with van der Waals surface area (Å²) in [6.45, 7) is 5.71. The second kappa shape index (κ2) is 4.33. The Morgan fingerprint density at radius 3 is 2.56 bits per heavy atom. The van der Waals surface area contributed by atoms with Crippen LogP contribution in [0.3, 0.4) is 0 Å². The van der Waals surface area contributed by atoms with Crippen LogP contribution in [0.4, 0.5) is 0 Å². The maximum atomic E-state index is 11.9. The van der Waals surface area contributed by atoms with E-state index in [4.69, 9.17) is 0 Å². The molecule has 5 heteroatoms. The van der Waals surface area contributed by atoms with E-state index in [1.165, 1.54) is 6.20 Å². The maximum Gasteiger partial charge on any atom is 0.253 e. The molecule has 1 aromatic heterocycles. The summed E-state index contributed by atoms with van der Waals surface area (Å²) in [4.78, 5) is 31.0. The van der Waals surface area contributed by atoms with E-state index >= 15 is 0 Å². The molecule has 1 aliphatic heterocycles. The highest BCUT2D eigenvalue weighted by molar-refractivity contribution is 6.14. The highest BCUT2D eigenvalue weighted by atomic mass is 16.2. The fourth-order valence-corrected chi connectivity index (χ4v) is 1.67. The summed E-state index contributed by atoms with van der Waals surface area (Å²) in [5.74, 6) is 0.451. The zero-order chi connectivity index (χ0) is 13.3. The first-order chi connectivity index (χ1) is 8.47. The van der Waals surface area contributed by atoms with Crippen LogP contribution in [0.15, 0.2) is 23.3 Å². The Kier molecular flexibility index (Phi) is 2.98. The first-order valence-electron chi connectivity index (χ1n) is 5.80. The van der Waals surface area contributed by atoms with Gasteiger partial charge in [0.25, 0.3) is 5.91 Å². The minimum Gasteiger partial charge on any atom is -0.307 e. The molecule has 0 radical (unpaired) electrons. The van der Waals surface area contributed by atoms with Gasteiger partial charge >= 0.3 is 0 Å². The largest absolute Gasteiger partial charge is 0.307 e. The minimum absolute atomic E-state index is 0.101. The molecule has 18 heavy (non-hydrogen) atoms. The Morgan fingerprint density at radius 2 is 2.11 bits per heavy atom. The minimum atomic E-state index is -0.750. The lowest BCUT2D eigenvalue weighted by atomic mass is 9.89. The molecule has 0 saturated heterocycles. The van der Waals surface area contributed by atoms with Crippen molar-refractivity contribution in [3.05, 3.63) is 29.6 Å².